The van der Waals surface area contributed by atoms with Crippen LogP contribution in [0.4, 0.5) is 0 Å². The van der Waals surface area contributed by atoms with Crippen LogP contribution in [0.3, 0.4) is 0 Å². The molecule has 2 fully saturated rings. The number of hydrogen-bond donors (Lipinski definition) is 0. The highest BCUT2D eigenvalue weighted by molar-refractivity contribution is 7.93. The lowest BCUT2D eigenvalue weighted by molar-refractivity contribution is 0.274. The Balaban J connectivity index is 1.36. The minimum atomic E-state index is -3.25. The molecule has 4 rings (SSSR count). The van der Waals surface area contributed by atoms with Gasteiger partial charge >= 0.3 is 0 Å². The summed E-state index contributed by atoms with van der Waals surface area (Å²) in [5.74, 6) is 0.620. The van der Waals surface area contributed by atoms with Crippen molar-refractivity contribution in [1.82, 2.24) is 4.90 Å². The van der Waals surface area contributed by atoms with Gasteiger partial charge in [-0.15, -0.1) is 0 Å². The topological polar surface area (TPSA) is 37.4 Å². The second kappa shape index (κ2) is 8.00. The van der Waals surface area contributed by atoms with Crippen LogP contribution in [-0.4, -0.2) is 37.7 Å². The molecule has 2 aliphatic rings. The van der Waals surface area contributed by atoms with E-state index in [2.05, 4.69) is 35.2 Å². The minimum absolute atomic E-state index is 0.512. The van der Waals surface area contributed by atoms with Crippen molar-refractivity contribution in [2.45, 2.75) is 61.0 Å². The van der Waals surface area contributed by atoms with Crippen molar-refractivity contribution in [1.29, 1.82) is 0 Å². The molecule has 4 heteroatoms. The van der Waals surface area contributed by atoms with Crippen molar-refractivity contribution < 1.29 is 8.42 Å². The van der Waals surface area contributed by atoms with Crippen LogP contribution in [-0.2, 0) is 9.84 Å². The lowest BCUT2D eigenvalue weighted by Gasteiger charge is -2.41. The summed E-state index contributed by atoms with van der Waals surface area (Å²) in [6.07, 6.45) is 5.62. The molecular formula is C24H31NO2S. The lowest BCUT2D eigenvalue weighted by Crippen LogP contribution is -2.45. The third-order valence-corrected chi connectivity index (χ3v) is 9.41. The predicted molar refractivity (Wildman–Crippen MR) is 114 cm³/mol. The zero-order valence-corrected chi connectivity index (χ0v) is 17.6. The van der Waals surface area contributed by atoms with E-state index in [1.807, 2.05) is 25.1 Å². The summed E-state index contributed by atoms with van der Waals surface area (Å²) >= 11 is 0. The predicted octanol–water partition coefficient (Wildman–Crippen LogP) is 4.96. The number of hydrogen-bond acceptors (Lipinski definition) is 3. The van der Waals surface area contributed by atoms with Crippen molar-refractivity contribution >= 4 is 9.84 Å². The summed E-state index contributed by atoms with van der Waals surface area (Å²) < 4.78 is 26.2. The van der Waals surface area contributed by atoms with Gasteiger partial charge in [-0.05, 0) is 81.3 Å². The van der Waals surface area contributed by atoms with E-state index in [4.69, 9.17) is 0 Å². The Hall–Kier alpha value is -1.65. The third-order valence-electron chi connectivity index (χ3n) is 6.78. The van der Waals surface area contributed by atoms with E-state index in [0.717, 1.165) is 57.3 Å². The van der Waals surface area contributed by atoms with Crippen molar-refractivity contribution in [2.75, 3.05) is 19.6 Å². The lowest BCUT2D eigenvalue weighted by atomic mass is 9.81. The molecule has 0 radical (unpaired) electrons. The zero-order valence-electron chi connectivity index (χ0n) is 16.8. The summed E-state index contributed by atoms with van der Waals surface area (Å²) in [5, 5.41) is 0. The average Bonchev–Trinajstić information content (AvgIpc) is 3.13. The number of benzene rings is 2. The fraction of sp³-hybridized carbons (Fsp3) is 0.500. The first-order valence-electron chi connectivity index (χ1n) is 10.6. The molecule has 3 nitrogen and oxygen atoms in total. The average molecular weight is 398 g/mol. The first-order valence-corrected chi connectivity index (χ1v) is 12.1. The van der Waals surface area contributed by atoms with Crippen LogP contribution >= 0.6 is 0 Å². The van der Waals surface area contributed by atoms with E-state index in [9.17, 15) is 8.42 Å². The molecule has 1 atom stereocenters. The van der Waals surface area contributed by atoms with E-state index >= 15 is 0 Å². The van der Waals surface area contributed by atoms with Gasteiger partial charge in [0.1, 0.15) is 0 Å². The minimum Gasteiger partial charge on any atom is -0.303 e. The van der Waals surface area contributed by atoms with Gasteiger partial charge in [-0.25, -0.2) is 8.42 Å². The number of rotatable bonds is 7. The van der Waals surface area contributed by atoms with Gasteiger partial charge < -0.3 is 4.90 Å². The summed E-state index contributed by atoms with van der Waals surface area (Å²) in [7, 11) is -3.25. The highest BCUT2D eigenvalue weighted by atomic mass is 32.2. The SMILES string of the molecule is Cc1cccc(S(=O)(=O)C2(CCCN3CCC(c4ccccc4)C3)CCC2)c1. The number of nitrogens with zero attached hydrogens (tertiary/aromatic N) is 1. The summed E-state index contributed by atoms with van der Waals surface area (Å²) in [5.41, 5.74) is 2.45. The van der Waals surface area contributed by atoms with Crippen LogP contribution in [0.15, 0.2) is 59.5 Å². The van der Waals surface area contributed by atoms with Gasteiger partial charge in [0.2, 0.25) is 0 Å². The smallest absolute Gasteiger partial charge is 0.184 e. The van der Waals surface area contributed by atoms with E-state index in [1.54, 1.807) is 6.07 Å². The molecule has 28 heavy (non-hydrogen) atoms. The fourth-order valence-electron chi connectivity index (χ4n) is 4.91. The standard InChI is InChI=1S/C24H31NO2S/c1-20-8-5-11-23(18-20)28(26,27)24(13-6-14-24)15-7-16-25-17-12-22(19-25)21-9-3-2-4-10-21/h2-5,8-11,18,22H,6-7,12-17,19H2,1H3. The van der Waals surface area contributed by atoms with Crippen molar-refractivity contribution in [2.24, 2.45) is 0 Å². The molecule has 1 saturated carbocycles. The van der Waals surface area contributed by atoms with Gasteiger partial charge in [0.15, 0.2) is 9.84 Å². The molecule has 0 spiro atoms. The molecule has 150 valence electrons. The molecule has 2 aromatic rings. The normalized spacial score (nSPS) is 22.1. The molecule has 1 aliphatic heterocycles. The molecule has 0 N–H and O–H groups in total. The Morgan fingerprint density at radius 2 is 1.86 bits per heavy atom. The first kappa shape index (κ1) is 19.7. The van der Waals surface area contributed by atoms with Gasteiger partial charge in [0.25, 0.3) is 0 Å². The number of likely N-dealkylation sites (tertiary alicyclic amines) is 1. The van der Waals surface area contributed by atoms with Crippen molar-refractivity contribution in [3.63, 3.8) is 0 Å². The Morgan fingerprint density at radius 1 is 1.07 bits per heavy atom. The maximum absolute atomic E-state index is 13.3. The first-order chi connectivity index (χ1) is 13.5. The second-order valence-electron chi connectivity index (χ2n) is 8.66. The van der Waals surface area contributed by atoms with Crippen LogP contribution in [0, 0.1) is 6.92 Å². The molecule has 2 aromatic carbocycles. The van der Waals surface area contributed by atoms with Crippen LogP contribution in [0.1, 0.15) is 55.6 Å². The highest BCUT2D eigenvalue weighted by Gasteiger charge is 2.48. The largest absolute Gasteiger partial charge is 0.303 e. The maximum atomic E-state index is 13.3. The molecule has 1 aliphatic carbocycles. The zero-order chi connectivity index (χ0) is 19.6. The van der Waals surface area contributed by atoms with Gasteiger partial charge in [-0.2, -0.15) is 0 Å². The Labute approximate surface area is 169 Å². The molecule has 1 saturated heterocycles. The second-order valence-corrected chi connectivity index (χ2v) is 11.0. The molecule has 1 heterocycles. The van der Waals surface area contributed by atoms with E-state index < -0.39 is 14.6 Å². The van der Waals surface area contributed by atoms with Crippen LogP contribution in [0.25, 0.3) is 0 Å². The summed E-state index contributed by atoms with van der Waals surface area (Å²) in [6, 6.07) is 18.2. The molecule has 0 amide bonds. The van der Waals surface area contributed by atoms with E-state index in [1.165, 1.54) is 12.0 Å². The monoisotopic (exact) mass is 397 g/mol. The summed E-state index contributed by atoms with van der Waals surface area (Å²) in [6.45, 7) is 5.19. The number of sulfone groups is 1. The molecule has 1 unspecified atom stereocenters. The highest BCUT2D eigenvalue weighted by Crippen LogP contribution is 2.46. The molecule has 0 bridgehead atoms. The Kier molecular flexibility index (Phi) is 5.62. The molecular weight excluding hydrogens is 366 g/mol. The van der Waals surface area contributed by atoms with Gasteiger partial charge in [-0.1, -0.05) is 48.9 Å². The van der Waals surface area contributed by atoms with Crippen molar-refractivity contribution in [3.05, 3.63) is 65.7 Å². The third kappa shape index (κ3) is 3.77. The maximum Gasteiger partial charge on any atom is 0.184 e. The van der Waals surface area contributed by atoms with E-state index in [0.29, 0.717) is 10.8 Å². The Morgan fingerprint density at radius 3 is 2.54 bits per heavy atom. The van der Waals surface area contributed by atoms with Crippen LogP contribution in [0.5, 0.6) is 0 Å². The molecule has 0 aromatic heterocycles. The number of aryl methyl sites for hydroxylation is 1. The fourth-order valence-corrected chi connectivity index (χ4v) is 7.25. The van der Waals surface area contributed by atoms with Crippen LogP contribution < -0.4 is 0 Å². The van der Waals surface area contributed by atoms with Crippen molar-refractivity contribution in [3.8, 4) is 0 Å². The van der Waals surface area contributed by atoms with Crippen LogP contribution in [0.2, 0.25) is 0 Å². The van der Waals surface area contributed by atoms with E-state index in [-0.39, 0.29) is 0 Å². The van der Waals surface area contributed by atoms with Gasteiger partial charge in [0.05, 0.1) is 9.64 Å². The van der Waals surface area contributed by atoms with Gasteiger partial charge in [-0.3, -0.25) is 0 Å². The summed E-state index contributed by atoms with van der Waals surface area (Å²) in [4.78, 5) is 3.03. The Bertz CT molecular complexity index is 903. The quantitative estimate of drug-likeness (QED) is 0.662. The van der Waals surface area contributed by atoms with Gasteiger partial charge in [0, 0.05) is 6.54 Å².